The fourth-order valence-corrected chi connectivity index (χ4v) is 4.25. The number of amides is 3. The number of nitrogens with one attached hydrogen (secondary N) is 2. The standard InChI is InChI=1S/C23H25N3O3/c1-14-19(23(29)24-2)7-4-8-20(14)25-22(28)17-12-21(27)26(13-17)18-10-9-15-5-3-6-16(15)11-18/h4,7-11,17H,3,5-6,12-13H2,1-2H3,(H,24,29)(H,25,28). The van der Waals surface area contributed by atoms with Crippen LogP contribution in [0.3, 0.4) is 0 Å². The van der Waals surface area contributed by atoms with E-state index < -0.39 is 5.92 Å². The molecule has 1 saturated heterocycles. The first-order valence-corrected chi connectivity index (χ1v) is 10.0. The zero-order chi connectivity index (χ0) is 20.5. The van der Waals surface area contributed by atoms with E-state index in [1.807, 2.05) is 6.07 Å². The maximum atomic E-state index is 12.8. The van der Waals surface area contributed by atoms with E-state index in [1.165, 1.54) is 11.1 Å². The van der Waals surface area contributed by atoms with Crippen molar-refractivity contribution in [3.05, 3.63) is 58.7 Å². The third-order valence-electron chi connectivity index (χ3n) is 5.95. The Hall–Kier alpha value is -3.15. The summed E-state index contributed by atoms with van der Waals surface area (Å²) >= 11 is 0. The van der Waals surface area contributed by atoms with Crippen molar-refractivity contribution in [1.82, 2.24) is 5.32 Å². The number of carbonyl (C=O) groups excluding carboxylic acids is 3. The molecule has 150 valence electrons. The van der Waals surface area contributed by atoms with Crippen molar-refractivity contribution in [2.24, 2.45) is 5.92 Å². The van der Waals surface area contributed by atoms with E-state index >= 15 is 0 Å². The molecule has 6 heteroatoms. The first-order chi connectivity index (χ1) is 14.0. The van der Waals surface area contributed by atoms with Crippen LogP contribution < -0.4 is 15.5 Å². The summed E-state index contributed by atoms with van der Waals surface area (Å²) in [6.07, 6.45) is 3.50. The summed E-state index contributed by atoms with van der Waals surface area (Å²) in [5, 5.41) is 5.51. The van der Waals surface area contributed by atoms with E-state index in [1.54, 1.807) is 37.1 Å². The first-order valence-electron chi connectivity index (χ1n) is 10.0. The van der Waals surface area contributed by atoms with Gasteiger partial charge in [-0.2, -0.15) is 0 Å². The van der Waals surface area contributed by atoms with Crippen LogP contribution in [0, 0.1) is 12.8 Å². The van der Waals surface area contributed by atoms with Gasteiger partial charge < -0.3 is 15.5 Å². The van der Waals surface area contributed by atoms with Gasteiger partial charge in [-0.15, -0.1) is 0 Å². The van der Waals surface area contributed by atoms with Crippen molar-refractivity contribution < 1.29 is 14.4 Å². The van der Waals surface area contributed by atoms with Crippen molar-refractivity contribution in [2.75, 3.05) is 23.8 Å². The molecule has 1 heterocycles. The normalized spacial score (nSPS) is 17.9. The van der Waals surface area contributed by atoms with E-state index in [-0.39, 0.29) is 24.1 Å². The molecule has 1 aliphatic heterocycles. The maximum Gasteiger partial charge on any atom is 0.251 e. The van der Waals surface area contributed by atoms with E-state index in [4.69, 9.17) is 0 Å². The van der Waals surface area contributed by atoms with E-state index in [2.05, 4.69) is 22.8 Å². The molecule has 6 nitrogen and oxygen atoms in total. The molecule has 4 rings (SSSR count). The van der Waals surface area contributed by atoms with Crippen molar-refractivity contribution in [3.8, 4) is 0 Å². The molecule has 2 N–H and O–H groups in total. The van der Waals surface area contributed by atoms with Gasteiger partial charge in [-0.25, -0.2) is 0 Å². The fraction of sp³-hybridized carbons (Fsp3) is 0.348. The highest BCUT2D eigenvalue weighted by Crippen LogP contribution is 2.31. The van der Waals surface area contributed by atoms with Crippen LogP contribution >= 0.6 is 0 Å². The summed E-state index contributed by atoms with van der Waals surface area (Å²) < 4.78 is 0. The van der Waals surface area contributed by atoms with Crippen LogP contribution in [0.25, 0.3) is 0 Å². The second-order valence-electron chi connectivity index (χ2n) is 7.76. The molecular weight excluding hydrogens is 366 g/mol. The maximum absolute atomic E-state index is 12.8. The van der Waals surface area contributed by atoms with Crippen molar-refractivity contribution in [3.63, 3.8) is 0 Å². The van der Waals surface area contributed by atoms with Gasteiger partial charge >= 0.3 is 0 Å². The second kappa shape index (κ2) is 7.70. The van der Waals surface area contributed by atoms with Gasteiger partial charge in [0.05, 0.1) is 5.92 Å². The van der Waals surface area contributed by atoms with Crippen molar-refractivity contribution in [1.29, 1.82) is 0 Å². The predicted molar refractivity (Wildman–Crippen MR) is 112 cm³/mol. The number of nitrogens with zero attached hydrogens (tertiary/aromatic N) is 1. The molecule has 0 spiro atoms. The molecule has 0 radical (unpaired) electrons. The molecule has 2 aromatic carbocycles. The second-order valence-corrected chi connectivity index (χ2v) is 7.76. The van der Waals surface area contributed by atoms with Gasteiger partial charge in [0.1, 0.15) is 0 Å². The highest BCUT2D eigenvalue weighted by atomic mass is 16.2. The van der Waals surface area contributed by atoms with E-state index in [9.17, 15) is 14.4 Å². The lowest BCUT2D eigenvalue weighted by atomic mass is 10.0. The minimum absolute atomic E-state index is 0.0288. The average Bonchev–Trinajstić information content (AvgIpc) is 3.34. The Morgan fingerprint density at radius 1 is 1.10 bits per heavy atom. The van der Waals surface area contributed by atoms with E-state index in [0.29, 0.717) is 23.4 Å². The number of hydrogen-bond acceptors (Lipinski definition) is 3. The Morgan fingerprint density at radius 2 is 1.90 bits per heavy atom. The third-order valence-corrected chi connectivity index (χ3v) is 5.95. The number of aryl methyl sites for hydroxylation is 2. The Labute approximate surface area is 170 Å². The topological polar surface area (TPSA) is 78.5 Å². The first kappa shape index (κ1) is 19.2. The summed E-state index contributed by atoms with van der Waals surface area (Å²) in [5.41, 5.74) is 5.38. The summed E-state index contributed by atoms with van der Waals surface area (Å²) in [6.45, 7) is 2.18. The fourth-order valence-electron chi connectivity index (χ4n) is 4.25. The van der Waals surface area contributed by atoms with Crippen LogP contribution in [-0.2, 0) is 22.4 Å². The van der Waals surface area contributed by atoms with Crippen LogP contribution in [0.5, 0.6) is 0 Å². The van der Waals surface area contributed by atoms with Gasteiger partial charge in [-0.1, -0.05) is 12.1 Å². The van der Waals surface area contributed by atoms with Crippen LogP contribution in [-0.4, -0.2) is 31.3 Å². The lowest BCUT2D eigenvalue weighted by Crippen LogP contribution is -2.28. The van der Waals surface area contributed by atoms with Crippen molar-refractivity contribution >= 4 is 29.1 Å². The minimum Gasteiger partial charge on any atom is -0.355 e. The molecule has 0 bridgehead atoms. The Morgan fingerprint density at radius 3 is 2.69 bits per heavy atom. The van der Waals surface area contributed by atoms with Gasteiger partial charge in [0, 0.05) is 37.0 Å². The largest absolute Gasteiger partial charge is 0.355 e. The predicted octanol–water partition coefficient (Wildman–Crippen LogP) is 2.83. The number of benzene rings is 2. The average molecular weight is 391 g/mol. The van der Waals surface area contributed by atoms with Gasteiger partial charge in [0.15, 0.2) is 0 Å². The zero-order valence-corrected chi connectivity index (χ0v) is 16.7. The number of carbonyl (C=O) groups is 3. The Balaban J connectivity index is 1.48. The van der Waals surface area contributed by atoms with Crippen LogP contribution in [0.1, 0.15) is 39.9 Å². The lowest BCUT2D eigenvalue weighted by molar-refractivity contribution is -0.122. The molecule has 2 aliphatic rings. The summed E-state index contributed by atoms with van der Waals surface area (Å²) in [6, 6.07) is 11.4. The lowest BCUT2D eigenvalue weighted by Gasteiger charge is -2.18. The minimum atomic E-state index is -0.418. The van der Waals surface area contributed by atoms with Crippen LogP contribution in [0.2, 0.25) is 0 Å². The SMILES string of the molecule is CNC(=O)c1cccc(NC(=O)C2CC(=O)N(c3ccc4c(c3)CCC4)C2)c1C. The summed E-state index contributed by atoms with van der Waals surface area (Å²) in [7, 11) is 1.57. The third kappa shape index (κ3) is 3.62. The quantitative estimate of drug-likeness (QED) is 0.841. The summed E-state index contributed by atoms with van der Waals surface area (Å²) in [5.74, 6) is -0.839. The van der Waals surface area contributed by atoms with Gasteiger partial charge in [0.25, 0.3) is 5.91 Å². The van der Waals surface area contributed by atoms with Gasteiger partial charge in [0.2, 0.25) is 11.8 Å². The van der Waals surface area contributed by atoms with E-state index in [0.717, 1.165) is 24.9 Å². The van der Waals surface area contributed by atoms with Gasteiger partial charge in [-0.05, 0) is 67.1 Å². The molecule has 1 unspecified atom stereocenters. The number of fused-ring (bicyclic) bond motifs is 1. The Kier molecular flexibility index (Phi) is 5.09. The molecule has 29 heavy (non-hydrogen) atoms. The molecule has 1 aliphatic carbocycles. The number of rotatable bonds is 4. The molecular formula is C23H25N3O3. The van der Waals surface area contributed by atoms with Gasteiger partial charge in [-0.3, -0.25) is 14.4 Å². The smallest absolute Gasteiger partial charge is 0.251 e. The molecule has 2 aromatic rings. The highest BCUT2D eigenvalue weighted by molar-refractivity contribution is 6.04. The van der Waals surface area contributed by atoms with Crippen molar-refractivity contribution in [2.45, 2.75) is 32.6 Å². The summed E-state index contributed by atoms with van der Waals surface area (Å²) in [4.78, 5) is 39.1. The van der Waals surface area contributed by atoms with Crippen LogP contribution in [0.15, 0.2) is 36.4 Å². The number of hydrogen-bond donors (Lipinski definition) is 2. The number of anilines is 2. The monoisotopic (exact) mass is 391 g/mol. The molecule has 0 aromatic heterocycles. The molecule has 3 amide bonds. The molecule has 1 atom stereocenters. The Bertz CT molecular complexity index is 999. The van der Waals surface area contributed by atoms with Crippen LogP contribution in [0.4, 0.5) is 11.4 Å². The zero-order valence-electron chi connectivity index (χ0n) is 16.7. The molecule has 0 saturated carbocycles. The highest BCUT2D eigenvalue weighted by Gasteiger charge is 2.35. The molecule has 1 fully saturated rings.